The largest absolute Gasteiger partial charge is 0.329 e. The van der Waals surface area contributed by atoms with Crippen LogP contribution in [0.1, 0.15) is 33.1 Å². The van der Waals surface area contributed by atoms with Crippen LogP contribution in [-0.4, -0.2) is 55.6 Å². The van der Waals surface area contributed by atoms with E-state index >= 15 is 0 Å². The molecule has 1 heterocycles. The average molecular weight is 227 g/mol. The molecule has 0 saturated carbocycles. The molecule has 0 aromatic heterocycles. The number of rotatable bonds is 4. The highest BCUT2D eigenvalue weighted by Crippen LogP contribution is 2.27. The number of nitrogens with zero attached hydrogens (tertiary/aromatic N) is 2. The van der Waals surface area contributed by atoms with Crippen LogP contribution in [0.2, 0.25) is 0 Å². The molecule has 1 aliphatic heterocycles. The van der Waals surface area contributed by atoms with Crippen molar-refractivity contribution >= 4 is 0 Å². The van der Waals surface area contributed by atoms with Gasteiger partial charge < -0.3 is 10.6 Å². The van der Waals surface area contributed by atoms with Crippen LogP contribution in [0.5, 0.6) is 0 Å². The predicted molar refractivity (Wildman–Crippen MR) is 70.6 cm³/mol. The molecule has 0 bridgehead atoms. The standard InChI is InChI=1S/C13H29N3/c1-12(2)10-16(4)13(11-14)6-5-8-15(3)9-7-13/h12H,5-11,14H2,1-4H3. The summed E-state index contributed by atoms with van der Waals surface area (Å²) in [5.41, 5.74) is 6.31. The first-order valence-electron chi connectivity index (χ1n) is 6.60. The third-order valence-electron chi connectivity index (χ3n) is 3.97. The number of nitrogens with two attached hydrogens (primary N) is 1. The van der Waals surface area contributed by atoms with Gasteiger partial charge in [0.25, 0.3) is 0 Å². The van der Waals surface area contributed by atoms with Crippen molar-refractivity contribution in [1.82, 2.24) is 9.80 Å². The van der Waals surface area contributed by atoms with Gasteiger partial charge in [0.05, 0.1) is 0 Å². The second kappa shape index (κ2) is 5.99. The van der Waals surface area contributed by atoms with Crippen molar-refractivity contribution in [3.05, 3.63) is 0 Å². The first-order valence-corrected chi connectivity index (χ1v) is 6.60. The molecule has 1 unspecified atom stereocenters. The van der Waals surface area contributed by atoms with Crippen molar-refractivity contribution in [3.63, 3.8) is 0 Å². The molecule has 1 saturated heterocycles. The van der Waals surface area contributed by atoms with E-state index in [1.54, 1.807) is 0 Å². The molecule has 0 aromatic carbocycles. The second-order valence-electron chi connectivity index (χ2n) is 5.86. The molecule has 1 atom stereocenters. The van der Waals surface area contributed by atoms with Crippen LogP contribution < -0.4 is 5.73 Å². The van der Waals surface area contributed by atoms with Gasteiger partial charge in [-0.1, -0.05) is 13.8 Å². The highest BCUT2D eigenvalue weighted by Gasteiger charge is 2.34. The monoisotopic (exact) mass is 227 g/mol. The third-order valence-corrected chi connectivity index (χ3v) is 3.97. The summed E-state index contributed by atoms with van der Waals surface area (Å²) in [5, 5.41) is 0. The molecule has 96 valence electrons. The summed E-state index contributed by atoms with van der Waals surface area (Å²) in [6, 6.07) is 0. The Morgan fingerprint density at radius 1 is 1.31 bits per heavy atom. The molecular formula is C13H29N3. The molecule has 1 rings (SSSR count). The first kappa shape index (κ1) is 13.9. The topological polar surface area (TPSA) is 32.5 Å². The summed E-state index contributed by atoms with van der Waals surface area (Å²) in [5.74, 6) is 0.717. The molecule has 0 aromatic rings. The molecule has 3 heteroatoms. The molecule has 16 heavy (non-hydrogen) atoms. The van der Waals surface area contributed by atoms with Crippen molar-refractivity contribution in [2.24, 2.45) is 11.7 Å². The molecule has 3 nitrogen and oxygen atoms in total. The molecule has 1 aliphatic rings. The van der Waals surface area contributed by atoms with Crippen LogP contribution in [0, 0.1) is 5.92 Å². The van der Waals surface area contributed by atoms with Crippen LogP contribution in [0.4, 0.5) is 0 Å². The zero-order valence-electron chi connectivity index (χ0n) is 11.5. The van der Waals surface area contributed by atoms with E-state index in [9.17, 15) is 0 Å². The predicted octanol–water partition coefficient (Wildman–Crippen LogP) is 1.39. The van der Waals surface area contributed by atoms with Gasteiger partial charge in [0, 0.05) is 18.6 Å². The minimum atomic E-state index is 0.245. The van der Waals surface area contributed by atoms with Gasteiger partial charge in [-0.2, -0.15) is 0 Å². The SMILES string of the molecule is CC(C)CN(C)C1(CN)CCCN(C)CC1. The number of likely N-dealkylation sites (tertiary alicyclic amines) is 1. The zero-order valence-corrected chi connectivity index (χ0v) is 11.5. The molecule has 1 fully saturated rings. The van der Waals surface area contributed by atoms with E-state index in [0.29, 0.717) is 0 Å². The van der Waals surface area contributed by atoms with Crippen LogP contribution >= 0.6 is 0 Å². The summed E-state index contributed by atoms with van der Waals surface area (Å²) in [6.07, 6.45) is 3.73. The Labute approximate surface area is 101 Å². The summed E-state index contributed by atoms with van der Waals surface area (Å²) in [6.45, 7) is 8.91. The average Bonchev–Trinajstić information content (AvgIpc) is 2.40. The van der Waals surface area contributed by atoms with Gasteiger partial charge in [-0.15, -0.1) is 0 Å². The van der Waals surface area contributed by atoms with Gasteiger partial charge in [-0.25, -0.2) is 0 Å². The van der Waals surface area contributed by atoms with Crippen LogP contribution in [0.25, 0.3) is 0 Å². The molecule has 0 amide bonds. The van der Waals surface area contributed by atoms with E-state index in [-0.39, 0.29) is 5.54 Å². The fraction of sp³-hybridized carbons (Fsp3) is 1.00. The van der Waals surface area contributed by atoms with Gasteiger partial charge in [0.2, 0.25) is 0 Å². The van der Waals surface area contributed by atoms with E-state index in [1.807, 2.05) is 0 Å². The summed E-state index contributed by atoms with van der Waals surface area (Å²) in [7, 11) is 4.47. The van der Waals surface area contributed by atoms with Crippen molar-refractivity contribution < 1.29 is 0 Å². The number of likely N-dealkylation sites (N-methyl/N-ethyl adjacent to an activating group) is 1. The maximum absolute atomic E-state index is 6.07. The van der Waals surface area contributed by atoms with Crippen LogP contribution in [-0.2, 0) is 0 Å². The Morgan fingerprint density at radius 3 is 2.56 bits per heavy atom. The molecule has 0 spiro atoms. The Kier molecular flexibility index (Phi) is 5.22. The Hall–Kier alpha value is -0.120. The normalized spacial score (nSPS) is 28.7. The van der Waals surface area contributed by atoms with Gasteiger partial charge in [-0.05, 0) is 52.4 Å². The molecule has 2 N–H and O–H groups in total. The quantitative estimate of drug-likeness (QED) is 0.788. The van der Waals surface area contributed by atoms with Gasteiger partial charge in [-0.3, -0.25) is 4.90 Å². The zero-order chi connectivity index (χ0) is 12.2. The van der Waals surface area contributed by atoms with Gasteiger partial charge >= 0.3 is 0 Å². The van der Waals surface area contributed by atoms with Crippen LogP contribution in [0.15, 0.2) is 0 Å². The third kappa shape index (κ3) is 3.44. The second-order valence-corrected chi connectivity index (χ2v) is 5.86. The van der Waals surface area contributed by atoms with Crippen molar-refractivity contribution in [3.8, 4) is 0 Å². The lowest BCUT2D eigenvalue weighted by molar-refractivity contribution is 0.0951. The fourth-order valence-corrected chi connectivity index (χ4v) is 2.80. The van der Waals surface area contributed by atoms with E-state index in [0.717, 1.165) is 19.0 Å². The van der Waals surface area contributed by atoms with Crippen LogP contribution in [0.3, 0.4) is 0 Å². The van der Waals surface area contributed by atoms with E-state index < -0.39 is 0 Å². The van der Waals surface area contributed by atoms with Crippen molar-refractivity contribution in [2.45, 2.75) is 38.6 Å². The molecule has 0 aliphatic carbocycles. The van der Waals surface area contributed by atoms with E-state index in [2.05, 4.69) is 37.7 Å². The highest BCUT2D eigenvalue weighted by molar-refractivity contribution is 4.93. The summed E-state index contributed by atoms with van der Waals surface area (Å²) in [4.78, 5) is 4.94. The smallest absolute Gasteiger partial charge is 0.0341 e. The first-order chi connectivity index (χ1) is 7.50. The lowest BCUT2D eigenvalue weighted by Gasteiger charge is -2.41. The lowest BCUT2D eigenvalue weighted by atomic mass is 9.88. The number of hydrogen-bond donors (Lipinski definition) is 1. The summed E-state index contributed by atoms with van der Waals surface area (Å²) < 4.78 is 0. The van der Waals surface area contributed by atoms with Gasteiger partial charge in [0.1, 0.15) is 0 Å². The minimum absolute atomic E-state index is 0.245. The summed E-state index contributed by atoms with van der Waals surface area (Å²) >= 11 is 0. The van der Waals surface area contributed by atoms with Crippen molar-refractivity contribution in [1.29, 1.82) is 0 Å². The van der Waals surface area contributed by atoms with Crippen molar-refractivity contribution in [2.75, 3.05) is 40.3 Å². The molecular weight excluding hydrogens is 198 g/mol. The Morgan fingerprint density at radius 2 is 2.00 bits per heavy atom. The van der Waals surface area contributed by atoms with E-state index in [1.165, 1.54) is 32.4 Å². The fourth-order valence-electron chi connectivity index (χ4n) is 2.80. The number of hydrogen-bond acceptors (Lipinski definition) is 3. The lowest BCUT2D eigenvalue weighted by Crippen LogP contribution is -2.53. The van der Waals surface area contributed by atoms with E-state index in [4.69, 9.17) is 5.73 Å². The maximum Gasteiger partial charge on any atom is 0.0341 e. The Balaban J connectivity index is 2.67. The Bertz CT molecular complexity index is 205. The highest BCUT2D eigenvalue weighted by atomic mass is 15.2. The maximum atomic E-state index is 6.07. The molecule has 0 radical (unpaired) electrons. The van der Waals surface area contributed by atoms with Gasteiger partial charge in [0.15, 0.2) is 0 Å². The minimum Gasteiger partial charge on any atom is -0.329 e.